The summed E-state index contributed by atoms with van der Waals surface area (Å²) in [7, 11) is 0. The molecular formula is C6H8N3O. The van der Waals surface area contributed by atoms with E-state index in [1.807, 2.05) is 0 Å². The highest BCUT2D eigenvalue weighted by Gasteiger charge is 1.99. The van der Waals surface area contributed by atoms with Gasteiger partial charge in [0.15, 0.2) is 0 Å². The van der Waals surface area contributed by atoms with Crippen LogP contribution in [0.4, 0.5) is 0 Å². The highest BCUT2D eigenvalue weighted by atomic mass is 16.3. The molecule has 0 aliphatic carbocycles. The molecule has 0 bridgehead atoms. The zero-order valence-corrected chi connectivity index (χ0v) is 5.44. The van der Waals surface area contributed by atoms with E-state index in [2.05, 4.69) is 21.9 Å². The van der Waals surface area contributed by atoms with Crippen molar-refractivity contribution in [3.05, 3.63) is 25.4 Å². The lowest BCUT2D eigenvalue weighted by atomic mass is 10.3. The summed E-state index contributed by atoms with van der Waals surface area (Å²) in [6, 6.07) is 0. The lowest BCUT2D eigenvalue weighted by Gasteiger charge is -1.99. The summed E-state index contributed by atoms with van der Waals surface area (Å²) in [5.74, 6) is 0.567. The maximum Gasteiger partial charge on any atom is 0.134 e. The van der Waals surface area contributed by atoms with Gasteiger partial charge >= 0.3 is 0 Å². The van der Waals surface area contributed by atoms with Crippen LogP contribution in [0.1, 0.15) is 5.82 Å². The van der Waals surface area contributed by atoms with Crippen LogP contribution >= 0.6 is 0 Å². The molecule has 0 fully saturated rings. The first-order valence-electron chi connectivity index (χ1n) is 2.91. The Morgan fingerprint density at radius 3 is 2.60 bits per heavy atom. The summed E-state index contributed by atoms with van der Waals surface area (Å²) in [6.07, 6.45) is 2.53. The average molecular weight is 138 g/mol. The number of hydrogen-bond acceptors (Lipinski definition) is 4. The number of nitrogens with zero attached hydrogens (tertiary/aromatic N) is 3. The fourth-order valence-corrected chi connectivity index (χ4v) is 0.579. The Kier molecular flexibility index (Phi) is 2.28. The smallest absolute Gasteiger partial charge is 0.134 e. The molecule has 0 aromatic carbocycles. The molecule has 1 unspecified atom stereocenters. The maximum absolute atomic E-state index is 8.79. The summed E-state index contributed by atoms with van der Waals surface area (Å²) in [4.78, 5) is 11.2. The molecule has 0 aliphatic rings. The Bertz CT molecular complexity index is 187. The first-order valence-corrected chi connectivity index (χ1v) is 2.91. The van der Waals surface area contributed by atoms with Crippen molar-refractivity contribution in [1.29, 1.82) is 0 Å². The Hall–Kier alpha value is -1.03. The van der Waals surface area contributed by atoms with Crippen molar-refractivity contribution < 1.29 is 5.11 Å². The predicted molar refractivity (Wildman–Crippen MR) is 34.9 cm³/mol. The summed E-state index contributed by atoms with van der Waals surface area (Å²) in [6.45, 7) is 3.39. The maximum atomic E-state index is 8.79. The second-order valence-electron chi connectivity index (χ2n) is 1.91. The van der Waals surface area contributed by atoms with Gasteiger partial charge in [0.25, 0.3) is 0 Å². The molecule has 1 atom stereocenters. The third-order valence-electron chi connectivity index (χ3n) is 0.965. The lowest BCUT2D eigenvalue weighted by molar-refractivity contribution is 0.218. The molecule has 0 saturated heterocycles. The van der Waals surface area contributed by atoms with Gasteiger partial charge in [-0.15, -0.1) is 0 Å². The van der Waals surface area contributed by atoms with Gasteiger partial charge in [-0.25, -0.2) is 15.0 Å². The van der Waals surface area contributed by atoms with Crippen LogP contribution in [0.15, 0.2) is 12.7 Å². The Morgan fingerprint density at radius 2 is 2.10 bits per heavy atom. The fraction of sp³-hybridized carbons (Fsp3) is 0.333. The zero-order chi connectivity index (χ0) is 7.40. The molecule has 4 nitrogen and oxygen atoms in total. The van der Waals surface area contributed by atoms with Crippen molar-refractivity contribution in [1.82, 2.24) is 15.0 Å². The van der Waals surface area contributed by atoms with Crippen LogP contribution < -0.4 is 0 Å². The van der Waals surface area contributed by atoms with Gasteiger partial charge in [0, 0.05) is 6.42 Å². The van der Waals surface area contributed by atoms with Gasteiger partial charge in [-0.05, 0) is 6.92 Å². The van der Waals surface area contributed by atoms with Crippen molar-refractivity contribution in [2.24, 2.45) is 0 Å². The molecule has 1 aromatic heterocycles. The van der Waals surface area contributed by atoms with Gasteiger partial charge in [-0.1, -0.05) is 0 Å². The van der Waals surface area contributed by atoms with Gasteiger partial charge in [0.05, 0.1) is 6.10 Å². The molecule has 0 aliphatic heterocycles. The molecule has 1 aromatic rings. The molecule has 1 rings (SSSR count). The monoisotopic (exact) mass is 138 g/mol. The van der Waals surface area contributed by atoms with E-state index in [0.29, 0.717) is 12.2 Å². The van der Waals surface area contributed by atoms with E-state index in [1.165, 1.54) is 12.7 Å². The van der Waals surface area contributed by atoms with Gasteiger partial charge in [0.2, 0.25) is 0 Å². The Labute approximate surface area is 59.0 Å². The standard InChI is InChI=1S/C6H8N3O/c1-5(10)2-6-8-3-7-4-9-6/h3-5,10H,1-2H2. The Morgan fingerprint density at radius 1 is 1.50 bits per heavy atom. The summed E-state index contributed by atoms with van der Waals surface area (Å²) >= 11 is 0. The van der Waals surface area contributed by atoms with Gasteiger partial charge in [0.1, 0.15) is 18.5 Å². The molecule has 0 spiro atoms. The first-order chi connectivity index (χ1) is 4.79. The van der Waals surface area contributed by atoms with Crippen molar-refractivity contribution >= 4 is 0 Å². The SMILES string of the molecule is [CH2]C(O)Cc1ncncn1. The van der Waals surface area contributed by atoms with Gasteiger partial charge in [-0.3, -0.25) is 0 Å². The van der Waals surface area contributed by atoms with E-state index in [-0.39, 0.29) is 0 Å². The van der Waals surface area contributed by atoms with Crippen molar-refractivity contribution in [3.63, 3.8) is 0 Å². The number of rotatable bonds is 2. The third-order valence-corrected chi connectivity index (χ3v) is 0.965. The number of hydrogen-bond donors (Lipinski definition) is 1. The highest BCUT2D eigenvalue weighted by molar-refractivity contribution is 4.84. The van der Waals surface area contributed by atoms with Crippen LogP contribution in [0, 0.1) is 6.92 Å². The van der Waals surface area contributed by atoms with Crippen LogP contribution in [0.3, 0.4) is 0 Å². The predicted octanol–water partition coefficient (Wildman–Crippen LogP) is -0.391. The van der Waals surface area contributed by atoms with Crippen LogP contribution in [0.2, 0.25) is 0 Å². The average Bonchev–Trinajstić information content (AvgIpc) is 1.88. The van der Waals surface area contributed by atoms with E-state index in [9.17, 15) is 0 Å². The topological polar surface area (TPSA) is 58.9 Å². The molecule has 1 heterocycles. The molecule has 0 amide bonds. The van der Waals surface area contributed by atoms with Crippen LogP contribution in [-0.2, 0) is 6.42 Å². The minimum Gasteiger partial charge on any atom is -0.393 e. The molecule has 10 heavy (non-hydrogen) atoms. The van der Waals surface area contributed by atoms with E-state index in [4.69, 9.17) is 5.11 Å². The quantitative estimate of drug-likeness (QED) is 0.604. The first kappa shape index (κ1) is 7.08. The van der Waals surface area contributed by atoms with Gasteiger partial charge < -0.3 is 5.11 Å². The number of aromatic nitrogens is 3. The molecule has 0 saturated carbocycles. The second kappa shape index (κ2) is 3.22. The fourth-order valence-electron chi connectivity index (χ4n) is 0.579. The lowest BCUT2D eigenvalue weighted by Crippen LogP contribution is -2.07. The summed E-state index contributed by atoms with van der Waals surface area (Å²) in [5, 5.41) is 8.79. The highest BCUT2D eigenvalue weighted by Crippen LogP contribution is 1.91. The second-order valence-corrected chi connectivity index (χ2v) is 1.91. The van der Waals surface area contributed by atoms with Crippen molar-refractivity contribution in [2.45, 2.75) is 12.5 Å². The van der Waals surface area contributed by atoms with Gasteiger partial charge in [-0.2, -0.15) is 0 Å². The van der Waals surface area contributed by atoms with Crippen LogP contribution in [-0.4, -0.2) is 26.2 Å². The minimum absolute atomic E-state index is 0.377. The van der Waals surface area contributed by atoms with E-state index in [0.717, 1.165) is 0 Å². The van der Waals surface area contributed by atoms with E-state index >= 15 is 0 Å². The minimum atomic E-state index is -0.637. The van der Waals surface area contributed by atoms with Crippen LogP contribution in [0.5, 0.6) is 0 Å². The van der Waals surface area contributed by atoms with E-state index < -0.39 is 6.10 Å². The molecule has 4 heteroatoms. The summed E-state index contributed by atoms with van der Waals surface area (Å²) < 4.78 is 0. The molecule has 1 N–H and O–H groups in total. The molecule has 53 valence electrons. The van der Waals surface area contributed by atoms with Crippen molar-refractivity contribution in [3.8, 4) is 0 Å². The largest absolute Gasteiger partial charge is 0.393 e. The zero-order valence-electron chi connectivity index (χ0n) is 5.44. The number of aliphatic hydroxyl groups is 1. The third kappa shape index (κ3) is 2.06. The molecule has 1 radical (unpaired) electrons. The van der Waals surface area contributed by atoms with Crippen LogP contribution in [0.25, 0.3) is 0 Å². The van der Waals surface area contributed by atoms with E-state index in [1.54, 1.807) is 0 Å². The summed E-state index contributed by atoms with van der Waals surface area (Å²) in [5.41, 5.74) is 0. The number of aliphatic hydroxyl groups excluding tert-OH is 1. The van der Waals surface area contributed by atoms with Crippen molar-refractivity contribution in [2.75, 3.05) is 0 Å². The Balaban J connectivity index is 2.59. The molecular weight excluding hydrogens is 130 g/mol. The normalized spacial score (nSPS) is 13.0.